The van der Waals surface area contributed by atoms with Crippen LogP contribution in [0.2, 0.25) is 5.02 Å². The number of halogens is 1. The van der Waals surface area contributed by atoms with Crippen LogP contribution < -0.4 is 10.6 Å². The van der Waals surface area contributed by atoms with Crippen LogP contribution in [0, 0.1) is 11.8 Å². The molecule has 118 valence electrons. The lowest BCUT2D eigenvalue weighted by atomic mass is 9.92. The van der Waals surface area contributed by atoms with Crippen LogP contribution in [0.1, 0.15) is 18.0 Å². The van der Waals surface area contributed by atoms with Crippen molar-refractivity contribution in [3.63, 3.8) is 0 Å². The summed E-state index contributed by atoms with van der Waals surface area (Å²) in [6.45, 7) is 2.56. The number of carbonyl (C=O) groups is 2. The van der Waals surface area contributed by atoms with Crippen molar-refractivity contribution in [2.75, 3.05) is 26.7 Å². The highest BCUT2D eigenvalue weighted by molar-refractivity contribution is 6.30. The van der Waals surface area contributed by atoms with E-state index in [1.165, 1.54) is 0 Å². The summed E-state index contributed by atoms with van der Waals surface area (Å²) in [6.07, 6.45) is 0.252. The van der Waals surface area contributed by atoms with Crippen LogP contribution in [0.15, 0.2) is 24.3 Å². The van der Waals surface area contributed by atoms with E-state index in [0.717, 1.165) is 18.7 Å². The highest BCUT2D eigenvalue weighted by Gasteiger charge is 2.42. The number of benzene rings is 1. The molecule has 0 aromatic heterocycles. The Morgan fingerprint density at radius 1 is 1.45 bits per heavy atom. The Bertz CT molecular complexity index is 589. The molecule has 2 aliphatic rings. The third kappa shape index (κ3) is 2.96. The smallest absolute Gasteiger partial charge is 0.226 e. The summed E-state index contributed by atoms with van der Waals surface area (Å²) >= 11 is 6.05. The zero-order chi connectivity index (χ0) is 15.7. The van der Waals surface area contributed by atoms with Crippen molar-refractivity contribution in [2.45, 2.75) is 12.5 Å². The predicted octanol–water partition coefficient (Wildman–Crippen LogP) is 1.20. The summed E-state index contributed by atoms with van der Waals surface area (Å²) in [5.74, 6) is 0.0948. The van der Waals surface area contributed by atoms with Crippen LogP contribution >= 0.6 is 11.6 Å². The van der Waals surface area contributed by atoms with Crippen LogP contribution in [0.5, 0.6) is 0 Å². The molecule has 5 nitrogen and oxygen atoms in total. The van der Waals surface area contributed by atoms with Crippen molar-refractivity contribution in [3.8, 4) is 0 Å². The fourth-order valence-electron chi connectivity index (χ4n) is 3.12. The van der Waals surface area contributed by atoms with Gasteiger partial charge in [0.05, 0.1) is 12.0 Å². The van der Waals surface area contributed by atoms with Crippen molar-refractivity contribution in [2.24, 2.45) is 11.8 Å². The molecule has 1 aromatic carbocycles. The molecule has 2 atom stereocenters. The largest absolute Gasteiger partial charge is 0.355 e. The van der Waals surface area contributed by atoms with Crippen LogP contribution in [0.4, 0.5) is 0 Å². The lowest BCUT2D eigenvalue weighted by Crippen LogP contribution is -2.49. The fraction of sp³-hybridized carbons (Fsp3) is 0.500. The van der Waals surface area contributed by atoms with E-state index >= 15 is 0 Å². The molecule has 2 amide bonds. The first-order valence-corrected chi connectivity index (χ1v) is 7.93. The number of likely N-dealkylation sites (tertiary alicyclic amines) is 1. The van der Waals surface area contributed by atoms with Gasteiger partial charge in [0, 0.05) is 44.0 Å². The van der Waals surface area contributed by atoms with E-state index < -0.39 is 0 Å². The monoisotopic (exact) mass is 321 g/mol. The van der Waals surface area contributed by atoms with Gasteiger partial charge >= 0.3 is 0 Å². The Labute approximate surface area is 135 Å². The number of amides is 2. The molecule has 0 aliphatic carbocycles. The summed E-state index contributed by atoms with van der Waals surface area (Å²) in [4.78, 5) is 26.2. The number of carbonyl (C=O) groups excluding carboxylic acids is 2. The minimum absolute atomic E-state index is 0.00423. The van der Waals surface area contributed by atoms with Gasteiger partial charge in [-0.15, -0.1) is 0 Å². The Morgan fingerprint density at radius 3 is 2.86 bits per heavy atom. The second-order valence-corrected chi connectivity index (χ2v) is 6.52. The van der Waals surface area contributed by atoms with Crippen molar-refractivity contribution in [3.05, 3.63) is 34.9 Å². The number of hydrogen-bond acceptors (Lipinski definition) is 3. The van der Waals surface area contributed by atoms with Gasteiger partial charge in [0.15, 0.2) is 0 Å². The number of nitrogens with zero attached hydrogens (tertiary/aromatic N) is 1. The summed E-state index contributed by atoms with van der Waals surface area (Å²) in [7, 11) is 1.75. The summed E-state index contributed by atoms with van der Waals surface area (Å²) < 4.78 is 0. The van der Waals surface area contributed by atoms with Gasteiger partial charge in [-0.25, -0.2) is 0 Å². The van der Waals surface area contributed by atoms with Crippen LogP contribution in [0.25, 0.3) is 0 Å². The molecule has 3 rings (SSSR count). The molecule has 0 radical (unpaired) electrons. The van der Waals surface area contributed by atoms with Crippen LogP contribution in [-0.2, 0) is 9.59 Å². The van der Waals surface area contributed by atoms with Gasteiger partial charge in [0.1, 0.15) is 0 Å². The minimum Gasteiger partial charge on any atom is -0.355 e. The van der Waals surface area contributed by atoms with Gasteiger partial charge in [-0.3, -0.25) is 9.59 Å². The molecule has 2 heterocycles. The van der Waals surface area contributed by atoms with E-state index in [-0.39, 0.29) is 30.2 Å². The van der Waals surface area contributed by atoms with E-state index in [1.807, 2.05) is 18.2 Å². The lowest BCUT2D eigenvalue weighted by molar-refractivity contribution is -0.128. The molecule has 2 aliphatic heterocycles. The van der Waals surface area contributed by atoms with Gasteiger partial charge in [-0.05, 0) is 17.7 Å². The first-order chi connectivity index (χ1) is 10.6. The fourth-order valence-corrected chi connectivity index (χ4v) is 3.32. The molecule has 0 saturated carbocycles. The molecular formula is C16H20ClN3O2. The third-order valence-electron chi connectivity index (χ3n) is 4.54. The molecule has 22 heavy (non-hydrogen) atoms. The quantitative estimate of drug-likeness (QED) is 0.876. The third-order valence-corrected chi connectivity index (χ3v) is 4.78. The van der Waals surface area contributed by atoms with Crippen molar-refractivity contribution in [1.29, 1.82) is 0 Å². The molecular weight excluding hydrogens is 302 g/mol. The average Bonchev–Trinajstić information content (AvgIpc) is 2.73. The maximum atomic E-state index is 12.5. The molecule has 6 heteroatoms. The van der Waals surface area contributed by atoms with Crippen molar-refractivity contribution >= 4 is 23.4 Å². The molecule has 2 fully saturated rings. The number of nitrogens with one attached hydrogen (secondary N) is 2. The highest BCUT2D eigenvalue weighted by atomic mass is 35.5. The van der Waals surface area contributed by atoms with Gasteiger partial charge in [-0.2, -0.15) is 0 Å². The van der Waals surface area contributed by atoms with Crippen molar-refractivity contribution < 1.29 is 9.59 Å². The Hall–Kier alpha value is -1.59. The van der Waals surface area contributed by atoms with E-state index in [9.17, 15) is 9.59 Å². The standard InChI is InChI=1S/C16H20ClN3O2/c1-20-14(21)6-13(16(22)19-9-10-7-18-8-10)15(20)11-3-2-4-12(17)5-11/h2-5,10,13,15,18H,6-9H2,1H3,(H,19,22). The maximum Gasteiger partial charge on any atom is 0.226 e. The van der Waals surface area contributed by atoms with E-state index in [4.69, 9.17) is 11.6 Å². The molecule has 1 aromatic rings. The van der Waals surface area contributed by atoms with Gasteiger partial charge in [0.25, 0.3) is 0 Å². The molecule has 0 spiro atoms. The Balaban J connectivity index is 1.75. The summed E-state index contributed by atoms with van der Waals surface area (Å²) in [6, 6.07) is 7.15. The molecule has 2 saturated heterocycles. The van der Waals surface area contributed by atoms with E-state index in [2.05, 4.69) is 10.6 Å². The average molecular weight is 322 g/mol. The second-order valence-electron chi connectivity index (χ2n) is 6.08. The summed E-state index contributed by atoms with van der Waals surface area (Å²) in [5, 5.41) is 6.79. The highest BCUT2D eigenvalue weighted by Crippen LogP contribution is 2.37. The first-order valence-electron chi connectivity index (χ1n) is 7.56. The van der Waals surface area contributed by atoms with Crippen molar-refractivity contribution in [1.82, 2.24) is 15.5 Å². The SMILES string of the molecule is CN1C(=O)CC(C(=O)NCC2CNC2)C1c1cccc(Cl)c1. The maximum absolute atomic E-state index is 12.5. The topological polar surface area (TPSA) is 61.4 Å². The van der Waals surface area contributed by atoms with Gasteiger partial charge < -0.3 is 15.5 Å². The Morgan fingerprint density at radius 2 is 2.23 bits per heavy atom. The molecule has 0 bridgehead atoms. The molecule has 2 N–H and O–H groups in total. The zero-order valence-electron chi connectivity index (χ0n) is 12.5. The minimum atomic E-state index is -0.357. The summed E-state index contributed by atoms with van der Waals surface area (Å²) in [5.41, 5.74) is 0.909. The van der Waals surface area contributed by atoms with E-state index in [1.54, 1.807) is 18.0 Å². The van der Waals surface area contributed by atoms with Crippen LogP contribution in [0.3, 0.4) is 0 Å². The number of rotatable bonds is 4. The predicted molar refractivity (Wildman–Crippen MR) is 84.4 cm³/mol. The lowest BCUT2D eigenvalue weighted by Gasteiger charge is -2.29. The first kappa shape index (κ1) is 15.3. The number of hydrogen-bond donors (Lipinski definition) is 2. The van der Waals surface area contributed by atoms with Gasteiger partial charge in [-0.1, -0.05) is 23.7 Å². The normalized spacial score (nSPS) is 25.2. The van der Waals surface area contributed by atoms with E-state index in [0.29, 0.717) is 17.5 Å². The molecule has 2 unspecified atom stereocenters. The second kappa shape index (κ2) is 6.26. The Kier molecular flexibility index (Phi) is 4.36. The zero-order valence-corrected chi connectivity index (χ0v) is 13.3. The van der Waals surface area contributed by atoms with Crippen LogP contribution in [-0.4, -0.2) is 43.4 Å². The van der Waals surface area contributed by atoms with Gasteiger partial charge in [0.2, 0.25) is 11.8 Å².